The van der Waals surface area contributed by atoms with Crippen molar-refractivity contribution in [2.45, 2.75) is 18.7 Å². The molecule has 21 heavy (non-hydrogen) atoms. The number of nitrogens with zero attached hydrogens (tertiary/aromatic N) is 1. The molecule has 1 aromatic carbocycles. The van der Waals surface area contributed by atoms with Crippen LogP contribution in [0.15, 0.2) is 41.6 Å². The topological polar surface area (TPSA) is 68.3 Å². The average molecular weight is 327 g/mol. The maximum absolute atomic E-state index is 12.3. The molecule has 0 atom stereocenters. The van der Waals surface area contributed by atoms with E-state index < -0.39 is 10.0 Å². The van der Waals surface area contributed by atoms with Crippen LogP contribution < -0.4 is 9.46 Å². The summed E-state index contributed by atoms with van der Waals surface area (Å²) in [4.78, 5) is 3.99. The molecule has 0 unspecified atom stereocenters. The molecule has 0 amide bonds. The smallest absolute Gasteiger partial charge is 0.262 e. The highest BCUT2D eigenvalue weighted by atomic mass is 35.5. The minimum Gasteiger partial charge on any atom is -0.494 e. The van der Waals surface area contributed by atoms with Crippen LogP contribution in [0.5, 0.6) is 5.75 Å². The summed E-state index contributed by atoms with van der Waals surface area (Å²) in [6, 6.07) is 6.20. The van der Waals surface area contributed by atoms with Crippen molar-refractivity contribution in [1.29, 1.82) is 0 Å². The van der Waals surface area contributed by atoms with Crippen molar-refractivity contribution in [2.75, 3.05) is 11.3 Å². The van der Waals surface area contributed by atoms with Crippen molar-refractivity contribution in [2.24, 2.45) is 0 Å². The predicted octanol–water partition coefficient (Wildman–Crippen LogP) is 3.24. The number of benzene rings is 1. The molecule has 0 saturated heterocycles. The SMILES string of the molecule is CCOc1ccc(S(=O)(=O)Nc2cnccc2Cl)cc1C. The van der Waals surface area contributed by atoms with Gasteiger partial charge in [-0.05, 0) is 43.7 Å². The number of hydrogen-bond acceptors (Lipinski definition) is 4. The van der Waals surface area contributed by atoms with Gasteiger partial charge in [0.15, 0.2) is 0 Å². The maximum Gasteiger partial charge on any atom is 0.262 e. The molecule has 0 aliphatic rings. The van der Waals surface area contributed by atoms with Gasteiger partial charge in [0.05, 0.1) is 28.4 Å². The highest BCUT2D eigenvalue weighted by Gasteiger charge is 2.17. The van der Waals surface area contributed by atoms with Gasteiger partial charge in [-0.15, -0.1) is 0 Å². The number of ether oxygens (including phenoxy) is 1. The Bertz CT molecular complexity index is 748. The van der Waals surface area contributed by atoms with E-state index in [0.29, 0.717) is 12.4 Å². The summed E-state index contributed by atoms with van der Waals surface area (Å²) < 4.78 is 32.5. The van der Waals surface area contributed by atoms with Crippen LogP contribution in [0, 0.1) is 6.92 Å². The molecule has 0 spiro atoms. The molecule has 1 N–H and O–H groups in total. The monoisotopic (exact) mass is 326 g/mol. The number of sulfonamides is 1. The number of anilines is 1. The zero-order valence-electron chi connectivity index (χ0n) is 11.6. The van der Waals surface area contributed by atoms with Crippen molar-refractivity contribution in [1.82, 2.24) is 4.98 Å². The molecule has 2 rings (SSSR count). The molecule has 0 saturated carbocycles. The summed E-state index contributed by atoms with van der Waals surface area (Å²) >= 11 is 5.93. The number of rotatable bonds is 5. The van der Waals surface area contributed by atoms with Gasteiger partial charge < -0.3 is 4.74 Å². The van der Waals surface area contributed by atoms with Crippen LogP contribution in [-0.2, 0) is 10.0 Å². The Morgan fingerprint density at radius 3 is 2.71 bits per heavy atom. The zero-order chi connectivity index (χ0) is 15.5. The van der Waals surface area contributed by atoms with Crippen LogP contribution in [0.25, 0.3) is 0 Å². The van der Waals surface area contributed by atoms with E-state index in [9.17, 15) is 8.42 Å². The van der Waals surface area contributed by atoms with Crippen LogP contribution in [-0.4, -0.2) is 20.0 Å². The van der Waals surface area contributed by atoms with E-state index in [2.05, 4.69) is 9.71 Å². The summed E-state index contributed by atoms with van der Waals surface area (Å²) in [7, 11) is -3.72. The van der Waals surface area contributed by atoms with Gasteiger partial charge in [0.25, 0.3) is 10.0 Å². The molecular weight excluding hydrogens is 312 g/mol. The lowest BCUT2D eigenvalue weighted by molar-refractivity contribution is 0.337. The molecule has 2 aromatic rings. The van der Waals surface area contributed by atoms with E-state index in [-0.39, 0.29) is 15.6 Å². The minimum absolute atomic E-state index is 0.142. The largest absolute Gasteiger partial charge is 0.494 e. The van der Waals surface area contributed by atoms with Crippen molar-refractivity contribution in [3.05, 3.63) is 47.2 Å². The lowest BCUT2D eigenvalue weighted by Gasteiger charge is -2.11. The number of aryl methyl sites for hydroxylation is 1. The molecular formula is C14H15ClN2O3S. The number of pyridine rings is 1. The lowest BCUT2D eigenvalue weighted by atomic mass is 10.2. The predicted molar refractivity (Wildman–Crippen MR) is 82.4 cm³/mol. The average Bonchev–Trinajstić information content (AvgIpc) is 2.43. The molecule has 1 aromatic heterocycles. The van der Waals surface area contributed by atoms with Gasteiger partial charge in [-0.25, -0.2) is 8.42 Å². The highest BCUT2D eigenvalue weighted by molar-refractivity contribution is 7.92. The van der Waals surface area contributed by atoms with Crippen molar-refractivity contribution < 1.29 is 13.2 Å². The van der Waals surface area contributed by atoms with Gasteiger partial charge in [0.2, 0.25) is 0 Å². The van der Waals surface area contributed by atoms with E-state index in [1.807, 2.05) is 6.92 Å². The molecule has 7 heteroatoms. The van der Waals surface area contributed by atoms with Crippen molar-refractivity contribution >= 4 is 27.3 Å². The van der Waals surface area contributed by atoms with Crippen LogP contribution in [0.2, 0.25) is 5.02 Å². The highest BCUT2D eigenvalue weighted by Crippen LogP contribution is 2.26. The minimum atomic E-state index is -3.72. The van der Waals surface area contributed by atoms with Gasteiger partial charge in [-0.3, -0.25) is 9.71 Å². The fourth-order valence-corrected chi connectivity index (χ4v) is 3.12. The second-order valence-corrected chi connectivity index (χ2v) is 6.41. The first kappa shape index (κ1) is 15.6. The van der Waals surface area contributed by atoms with Gasteiger partial charge in [0, 0.05) is 6.20 Å². The Morgan fingerprint density at radius 1 is 1.33 bits per heavy atom. The fraction of sp³-hybridized carbons (Fsp3) is 0.214. The summed E-state index contributed by atoms with van der Waals surface area (Å²) in [5.41, 5.74) is 0.989. The van der Waals surface area contributed by atoms with E-state index in [4.69, 9.17) is 16.3 Å². The first-order valence-corrected chi connectivity index (χ1v) is 8.16. The van der Waals surface area contributed by atoms with Gasteiger partial charge in [0.1, 0.15) is 5.75 Å². The summed E-state index contributed by atoms with van der Waals surface area (Å²) in [5.74, 6) is 0.663. The normalized spacial score (nSPS) is 11.2. The molecule has 5 nitrogen and oxygen atoms in total. The number of halogens is 1. The molecule has 1 heterocycles. The molecule has 0 aliphatic carbocycles. The quantitative estimate of drug-likeness (QED) is 0.915. The fourth-order valence-electron chi connectivity index (χ4n) is 1.76. The lowest BCUT2D eigenvalue weighted by Crippen LogP contribution is -2.13. The van der Waals surface area contributed by atoms with Crippen molar-refractivity contribution in [3.63, 3.8) is 0 Å². The number of nitrogens with one attached hydrogen (secondary N) is 1. The Balaban J connectivity index is 2.32. The maximum atomic E-state index is 12.3. The second kappa shape index (κ2) is 6.32. The third-order valence-corrected chi connectivity index (χ3v) is 4.46. The molecule has 112 valence electrons. The summed E-state index contributed by atoms with van der Waals surface area (Å²) in [6.45, 7) is 4.19. The molecule has 0 radical (unpaired) electrons. The summed E-state index contributed by atoms with van der Waals surface area (Å²) in [5, 5.41) is 0.288. The first-order valence-electron chi connectivity index (χ1n) is 6.30. The Kier molecular flexibility index (Phi) is 4.69. The van der Waals surface area contributed by atoms with Crippen LogP contribution in [0.1, 0.15) is 12.5 Å². The third-order valence-electron chi connectivity index (χ3n) is 2.77. The van der Waals surface area contributed by atoms with Gasteiger partial charge in [-0.1, -0.05) is 11.6 Å². The molecule has 0 fully saturated rings. The number of aromatic nitrogens is 1. The van der Waals surface area contributed by atoms with E-state index in [1.165, 1.54) is 24.5 Å². The summed E-state index contributed by atoms with van der Waals surface area (Å²) in [6.07, 6.45) is 2.85. The Hall–Kier alpha value is -1.79. The van der Waals surface area contributed by atoms with Gasteiger partial charge >= 0.3 is 0 Å². The molecule has 0 bridgehead atoms. The standard InChI is InChI=1S/C14H15ClN2O3S/c1-3-20-14-5-4-11(8-10(14)2)21(18,19)17-13-9-16-7-6-12(13)15/h4-9,17H,3H2,1-2H3. The molecule has 0 aliphatic heterocycles. The Labute approximate surface area is 129 Å². The Morgan fingerprint density at radius 2 is 2.10 bits per heavy atom. The van der Waals surface area contributed by atoms with E-state index in [1.54, 1.807) is 19.1 Å². The van der Waals surface area contributed by atoms with E-state index in [0.717, 1.165) is 5.56 Å². The van der Waals surface area contributed by atoms with Crippen molar-refractivity contribution in [3.8, 4) is 5.75 Å². The van der Waals surface area contributed by atoms with Crippen LogP contribution >= 0.6 is 11.6 Å². The van der Waals surface area contributed by atoms with Crippen LogP contribution in [0.4, 0.5) is 5.69 Å². The zero-order valence-corrected chi connectivity index (χ0v) is 13.2. The first-order chi connectivity index (χ1) is 9.94. The second-order valence-electron chi connectivity index (χ2n) is 4.32. The number of hydrogen-bond donors (Lipinski definition) is 1. The van der Waals surface area contributed by atoms with Gasteiger partial charge in [-0.2, -0.15) is 0 Å². The van der Waals surface area contributed by atoms with Crippen LogP contribution in [0.3, 0.4) is 0 Å². The van der Waals surface area contributed by atoms with E-state index >= 15 is 0 Å². The third kappa shape index (κ3) is 3.65.